The number of nitrogens with zero attached hydrogens (tertiary/aromatic N) is 3. The second kappa shape index (κ2) is 10.3. The van der Waals surface area contributed by atoms with E-state index in [9.17, 15) is 0 Å². The van der Waals surface area contributed by atoms with Gasteiger partial charge in [0.25, 0.3) is 0 Å². The van der Waals surface area contributed by atoms with Crippen molar-refractivity contribution < 1.29 is 0 Å². The monoisotopic (exact) mass is 573 g/mol. The van der Waals surface area contributed by atoms with Gasteiger partial charge in [-0.3, -0.25) is 4.40 Å². The van der Waals surface area contributed by atoms with Crippen molar-refractivity contribution in [2.24, 2.45) is 0 Å². The lowest BCUT2D eigenvalue weighted by Crippen LogP contribution is -1.91. The number of fused-ring (bicyclic) bond motifs is 4. The lowest BCUT2D eigenvalue weighted by molar-refractivity contribution is 1.11. The van der Waals surface area contributed by atoms with Crippen LogP contribution in [0.3, 0.4) is 0 Å². The molecule has 2 aromatic heterocycles. The first-order valence-corrected chi connectivity index (χ1v) is 15.2. The van der Waals surface area contributed by atoms with E-state index in [0.717, 1.165) is 22.4 Å². The zero-order valence-electron chi connectivity index (χ0n) is 24.4. The molecule has 7 aromatic carbocycles. The maximum atomic E-state index is 4.84. The number of benzene rings is 7. The van der Waals surface area contributed by atoms with Gasteiger partial charge in [0.05, 0.1) is 5.69 Å². The van der Waals surface area contributed by atoms with Gasteiger partial charge >= 0.3 is 0 Å². The number of aromatic nitrogens is 3. The quantitative estimate of drug-likeness (QED) is 0.196. The zero-order chi connectivity index (χ0) is 29.7. The minimum Gasteiger partial charge on any atom is -0.290 e. The second-order valence-corrected chi connectivity index (χ2v) is 11.5. The molecule has 0 saturated carbocycles. The molecular formula is C42H27N3. The first kappa shape index (κ1) is 25.4. The van der Waals surface area contributed by atoms with Crippen molar-refractivity contribution >= 4 is 38.1 Å². The normalized spacial score (nSPS) is 11.6. The molecule has 9 aromatic rings. The van der Waals surface area contributed by atoms with Crippen LogP contribution in [0.4, 0.5) is 0 Å². The summed E-state index contributed by atoms with van der Waals surface area (Å²) < 4.78 is 2.01. The number of hydrogen-bond donors (Lipinski definition) is 0. The van der Waals surface area contributed by atoms with E-state index < -0.39 is 0 Å². The molecule has 0 unspecified atom stereocenters. The summed E-state index contributed by atoms with van der Waals surface area (Å²) in [5.74, 6) is 0.690. The van der Waals surface area contributed by atoms with Crippen LogP contribution in [-0.4, -0.2) is 14.4 Å². The molecule has 0 aliphatic heterocycles. The summed E-state index contributed by atoms with van der Waals surface area (Å²) in [6.07, 6.45) is 6.05. The van der Waals surface area contributed by atoms with Crippen LogP contribution in [0.15, 0.2) is 164 Å². The summed E-state index contributed by atoms with van der Waals surface area (Å²) in [5, 5.41) is 7.51. The molecule has 0 fully saturated rings. The minimum absolute atomic E-state index is 0.690. The average molecular weight is 574 g/mol. The molecule has 0 aliphatic carbocycles. The zero-order valence-corrected chi connectivity index (χ0v) is 24.4. The fourth-order valence-electron chi connectivity index (χ4n) is 6.71. The van der Waals surface area contributed by atoms with Gasteiger partial charge in [0.2, 0.25) is 5.78 Å². The van der Waals surface area contributed by atoms with E-state index in [1.54, 1.807) is 0 Å². The standard InChI is InChI=1S/C42H27N3/c1-2-10-28(11-3-1)34-25-43-42-44-39(27-45(42)26-34)30-19-21-31(22-20-30)40-35-14-6-8-16-37(35)41(38-17-9-7-15-36(38)40)33-23-18-29-12-4-5-13-32(29)24-33/h1-27H. The predicted octanol–water partition coefficient (Wildman–Crippen LogP) is 10.9. The summed E-state index contributed by atoms with van der Waals surface area (Å²) in [4.78, 5) is 9.48. The van der Waals surface area contributed by atoms with E-state index in [2.05, 4.69) is 145 Å². The maximum Gasteiger partial charge on any atom is 0.234 e. The third-order valence-electron chi connectivity index (χ3n) is 8.86. The van der Waals surface area contributed by atoms with Crippen LogP contribution >= 0.6 is 0 Å². The lowest BCUT2D eigenvalue weighted by atomic mass is 9.85. The minimum atomic E-state index is 0.690. The van der Waals surface area contributed by atoms with Crippen molar-refractivity contribution in [3.63, 3.8) is 0 Å². The van der Waals surface area contributed by atoms with Crippen molar-refractivity contribution in [1.29, 1.82) is 0 Å². The highest BCUT2D eigenvalue weighted by atomic mass is 15.1. The van der Waals surface area contributed by atoms with Gasteiger partial charge in [-0.1, -0.05) is 140 Å². The molecule has 0 amide bonds. The molecule has 3 heteroatoms. The molecule has 0 atom stereocenters. The van der Waals surface area contributed by atoms with Crippen molar-refractivity contribution in [3.05, 3.63) is 164 Å². The van der Waals surface area contributed by atoms with E-state index in [1.807, 2.05) is 28.8 Å². The van der Waals surface area contributed by atoms with Crippen LogP contribution in [0.1, 0.15) is 0 Å². The molecule has 2 heterocycles. The van der Waals surface area contributed by atoms with Crippen LogP contribution in [0.5, 0.6) is 0 Å². The van der Waals surface area contributed by atoms with Gasteiger partial charge in [-0.05, 0) is 66.2 Å². The topological polar surface area (TPSA) is 30.2 Å². The third-order valence-corrected chi connectivity index (χ3v) is 8.86. The highest BCUT2D eigenvalue weighted by Crippen LogP contribution is 2.44. The second-order valence-electron chi connectivity index (χ2n) is 11.5. The van der Waals surface area contributed by atoms with E-state index in [-0.39, 0.29) is 0 Å². The van der Waals surface area contributed by atoms with Gasteiger partial charge in [-0.2, -0.15) is 0 Å². The first-order chi connectivity index (χ1) is 22.3. The Bertz CT molecular complexity index is 2470. The molecular weight excluding hydrogens is 546 g/mol. The van der Waals surface area contributed by atoms with Gasteiger partial charge in [0.1, 0.15) is 0 Å². The maximum absolute atomic E-state index is 4.84. The first-order valence-electron chi connectivity index (χ1n) is 15.2. The molecule has 45 heavy (non-hydrogen) atoms. The van der Waals surface area contributed by atoms with Crippen LogP contribution in [-0.2, 0) is 0 Å². The van der Waals surface area contributed by atoms with E-state index >= 15 is 0 Å². The summed E-state index contributed by atoms with van der Waals surface area (Å²) >= 11 is 0. The van der Waals surface area contributed by atoms with Crippen LogP contribution in [0, 0.1) is 0 Å². The SMILES string of the molecule is c1ccc(-c2cnc3nc(-c4ccc(-c5c6ccccc6c(-c6ccc7ccccc7c6)c6ccccc56)cc4)cn3c2)cc1. The molecule has 0 spiro atoms. The fraction of sp³-hybridized carbons (Fsp3) is 0. The molecule has 210 valence electrons. The Morgan fingerprint density at radius 3 is 1.64 bits per heavy atom. The summed E-state index contributed by atoms with van der Waals surface area (Å²) in [5.41, 5.74) is 9.11. The summed E-state index contributed by atoms with van der Waals surface area (Å²) in [7, 11) is 0. The van der Waals surface area contributed by atoms with Crippen molar-refractivity contribution in [1.82, 2.24) is 14.4 Å². The fourth-order valence-corrected chi connectivity index (χ4v) is 6.71. The molecule has 0 N–H and O–H groups in total. The van der Waals surface area contributed by atoms with Crippen molar-refractivity contribution in [2.75, 3.05) is 0 Å². The Hall–Kier alpha value is -6.06. The van der Waals surface area contributed by atoms with Crippen LogP contribution in [0.2, 0.25) is 0 Å². The third kappa shape index (κ3) is 4.29. The average Bonchev–Trinajstić information content (AvgIpc) is 3.54. The molecule has 0 saturated heterocycles. The Kier molecular flexibility index (Phi) is 5.82. The Balaban J connectivity index is 1.17. The molecule has 3 nitrogen and oxygen atoms in total. The van der Waals surface area contributed by atoms with Gasteiger partial charge in [-0.25, -0.2) is 9.97 Å². The van der Waals surface area contributed by atoms with Gasteiger partial charge in [-0.15, -0.1) is 0 Å². The van der Waals surface area contributed by atoms with E-state index in [1.165, 1.54) is 54.6 Å². The highest BCUT2D eigenvalue weighted by molar-refractivity contribution is 6.21. The van der Waals surface area contributed by atoms with Crippen LogP contribution in [0.25, 0.3) is 82.7 Å². The molecule has 0 aliphatic rings. The smallest absolute Gasteiger partial charge is 0.234 e. The molecule has 0 bridgehead atoms. The van der Waals surface area contributed by atoms with Gasteiger partial charge in [0.15, 0.2) is 0 Å². The van der Waals surface area contributed by atoms with Gasteiger partial charge < -0.3 is 0 Å². The molecule has 9 rings (SSSR count). The highest BCUT2D eigenvalue weighted by Gasteiger charge is 2.17. The summed E-state index contributed by atoms with van der Waals surface area (Å²) in [6, 6.07) is 52.1. The molecule has 0 radical (unpaired) electrons. The Morgan fingerprint density at radius 2 is 0.956 bits per heavy atom. The van der Waals surface area contributed by atoms with Crippen LogP contribution < -0.4 is 0 Å². The number of rotatable bonds is 4. The van der Waals surface area contributed by atoms with Crippen molar-refractivity contribution in [3.8, 4) is 44.6 Å². The lowest BCUT2D eigenvalue weighted by Gasteiger charge is -2.18. The van der Waals surface area contributed by atoms with E-state index in [0.29, 0.717) is 5.78 Å². The predicted molar refractivity (Wildman–Crippen MR) is 187 cm³/mol. The summed E-state index contributed by atoms with van der Waals surface area (Å²) in [6.45, 7) is 0. The van der Waals surface area contributed by atoms with Crippen molar-refractivity contribution in [2.45, 2.75) is 0 Å². The van der Waals surface area contributed by atoms with Gasteiger partial charge in [0, 0.05) is 29.7 Å². The Morgan fingerprint density at radius 1 is 0.400 bits per heavy atom. The number of imidazole rings is 1. The number of hydrogen-bond acceptors (Lipinski definition) is 2. The largest absolute Gasteiger partial charge is 0.290 e. The van der Waals surface area contributed by atoms with E-state index in [4.69, 9.17) is 4.98 Å². The Labute approximate surface area is 260 Å².